The van der Waals surface area contributed by atoms with Crippen molar-refractivity contribution < 1.29 is 19.4 Å². The van der Waals surface area contributed by atoms with Crippen LogP contribution in [-0.2, 0) is 14.3 Å². The van der Waals surface area contributed by atoms with Crippen LogP contribution in [0.2, 0.25) is 0 Å². The maximum Gasteiger partial charge on any atom is 0.306 e. The monoisotopic (exact) mass is 282 g/mol. The van der Waals surface area contributed by atoms with E-state index in [2.05, 4.69) is 0 Å². The summed E-state index contributed by atoms with van der Waals surface area (Å²) in [5, 5.41) is 10.9. The van der Waals surface area contributed by atoms with Crippen LogP contribution in [0.4, 0.5) is 0 Å². The number of aliphatic hydroxyl groups is 1. The first-order valence-electron chi connectivity index (χ1n) is 7.13. The molecule has 0 spiro atoms. The molecule has 0 aliphatic heterocycles. The molecule has 0 amide bonds. The zero-order chi connectivity index (χ0) is 15.6. The van der Waals surface area contributed by atoms with E-state index in [1.54, 1.807) is 6.08 Å². The number of methoxy groups -OCH3 is 1. The Kier molecular flexibility index (Phi) is 5.14. The molecule has 0 heterocycles. The second kappa shape index (κ2) is 6.08. The molecule has 4 nitrogen and oxygen atoms in total. The van der Waals surface area contributed by atoms with Gasteiger partial charge in [0.2, 0.25) is 0 Å². The van der Waals surface area contributed by atoms with Gasteiger partial charge < -0.3 is 9.84 Å². The van der Waals surface area contributed by atoms with Gasteiger partial charge in [-0.1, -0.05) is 26.8 Å². The number of carbonyl (C=O) groups is 2. The van der Waals surface area contributed by atoms with Gasteiger partial charge in [0.1, 0.15) is 0 Å². The third kappa shape index (κ3) is 3.29. The zero-order valence-electron chi connectivity index (χ0n) is 13.1. The minimum Gasteiger partial charge on any atom is -0.469 e. The van der Waals surface area contributed by atoms with Crippen molar-refractivity contribution in [1.82, 2.24) is 0 Å². The van der Waals surface area contributed by atoms with Crippen molar-refractivity contribution >= 4 is 11.8 Å². The van der Waals surface area contributed by atoms with Crippen molar-refractivity contribution in [2.24, 2.45) is 17.3 Å². The van der Waals surface area contributed by atoms with Crippen LogP contribution >= 0.6 is 0 Å². The Morgan fingerprint density at radius 3 is 2.45 bits per heavy atom. The van der Waals surface area contributed by atoms with E-state index in [9.17, 15) is 14.7 Å². The molecule has 1 aliphatic rings. The molecule has 0 saturated heterocycles. The first-order valence-corrected chi connectivity index (χ1v) is 7.13. The first-order chi connectivity index (χ1) is 9.15. The highest BCUT2D eigenvalue weighted by Crippen LogP contribution is 2.54. The molecule has 0 aromatic heterocycles. The number of ether oxygens (including phenoxy) is 1. The second-order valence-corrected chi connectivity index (χ2v) is 6.50. The van der Waals surface area contributed by atoms with Crippen LogP contribution in [-0.4, -0.2) is 29.6 Å². The van der Waals surface area contributed by atoms with Gasteiger partial charge in [-0.3, -0.25) is 9.59 Å². The Bertz CT molecular complexity index is 413. The smallest absolute Gasteiger partial charge is 0.306 e. The van der Waals surface area contributed by atoms with E-state index >= 15 is 0 Å². The molecule has 1 rings (SSSR count). The lowest BCUT2D eigenvalue weighted by Gasteiger charge is -2.38. The van der Waals surface area contributed by atoms with Crippen molar-refractivity contribution in [2.45, 2.75) is 52.6 Å². The number of allylic oxidation sites excluding steroid dienone is 1. The van der Waals surface area contributed by atoms with Crippen LogP contribution in [0.5, 0.6) is 0 Å². The summed E-state index contributed by atoms with van der Waals surface area (Å²) in [5.74, 6) is -0.494. The lowest BCUT2D eigenvalue weighted by Crippen LogP contribution is -2.43. The summed E-state index contributed by atoms with van der Waals surface area (Å²) in [6.07, 6.45) is 4.90. The number of hydrogen-bond donors (Lipinski definition) is 1. The minimum absolute atomic E-state index is 0.0524. The van der Waals surface area contributed by atoms with Crippen molar-refractivity contribution in [2.75, 3.05) is 7.11 Å². The van der Waals surface area contributed by atoms with Gasteiger partial charge in [-0.05, 0) is 37.2 Å². The maximum atomic E-state index is 11.6. The molecule has 0 aromatic carbocycles. The molecule has 114 valence electrons. The van der Waals surface area contributed by atoms with Gasteiger partial charge in [0.25, 0.3) is 0 Å². The van der Waals surface area contributed by atoms with Gasteiger partial charge in [-0.15, -0.1) is 0 Å². The maximum absolute atomic E-state index is 11.6. The third-order valence-electron chi connectivity index (χ3n) is 4.68. The number of hydrogen-bond acceptors (Lipinski definition) is 4. The van der Waals surface area contributed by atoms with Crippen molar-refractivity contribution in [1.29, 1.82) is 0 Å². The predicted molar refractivity (Wildman–Crippen MR) is 77.1 cm³/mol. The third-order valence-corrected chi connectivity index (χ3v) is 4.68. The quantitative estimate of drug-likeness (QED) is 0.621. The average molecular weight is 282 g/mol. The molecule has 3 atom stereocenters. The van der Waals surface area contributed by atoms with Crippen LogP contribution < -0.4 is 0 Å². The molecule has 20 heavy (non-hydrogen) atoms. The largest absolute Gasteiger partial charge is 0.469 e. The molecule has 0 aromatic rings. The Morgan fingerprint density at radius 1 is 1.40 bits per heavy atom. The van der Waals surface area contributed by atoms with E-state index in [0.717, 1.165) is 6.42 Å². The lowest BCUT2D eigenvalue weighted by atomic mass is 9.70. The molecule has 0 bridgehead atoms. The van der Waals surface area contributed by atoms with Crippen LogP contribution in [0, 0.1) is 17.3 Å². The molecule has 0 unspecified atom stereocenters. The van der Waals surface area contributed by atoms with Crippen molar-refractivity contribution in [3.05, 3.63) is 12.2 Å². The average Bonchev–Trinajstić information content (AvgIpc) is 2.60. The second-order valence-electron chi connectivity index (χ2n) is 6.50. The number of carbonyl (C=O) groups excluding carboxylic acids is 2. The summed E-state index contributed by atoms with van der Waals surface area (Å²) in [6.45, 7) is 7.41. The van der Waals surface area contributed by atoms with Crippen molar-refractivity contribution in [3.63, 3.8) is 0 Å². The Labute approximate surface area is 121 Å². The molecular formula is C16H26O4. The van der Waals surface area contributed by atoms with E-state index in [1.165, 1.54) is 20.1 Å². The van der Waals surface area contributed by atoms with Crippen LogP contribution in [0.3, 0.4) is 0 Å². The Hall–Kier alpha value is -1.16. The topological polar surface area (TPSA) is 63.6 Å². The standard InChI is InChI=1S/C16H26O4/c1-11(2)16(19)9-8-15(4,10-14(18)20-5)13(16)7-6-12(3)17/h6-7,11,13,19H,8-10H2,1-5H3/b7-6+/t13-,15-,16-/m1/s1. The molecule has 1 saturated carbocycles. The molecular weight excluding hydrogens is 256 g/mol. The fourth-order valence-corrected chi connectivity index (χ4v) is 3.28. The van der Waals surface area contributed by atoms with Crippen LogP contribution in [0.1, 0.15) is 47.0 Å². The molecule has 1 N–H and O–H groups in total. The minimum atomic E-state index is -0.880. The summed E-state index contributed by atoms with van der Waals surface area (Å²) in [5.41, 5.74) is -1.26. The number of esters is 1. The van der Waals surface area contributed by atoms with E-state index in [1.807, 2.05) is 20.8 Å². The summed E-state index contributed by atoms with van der Waals surface area (Å²) in [4.78, 5) is 22.9. The Morgan fingerprint density at radius 2 is 2.00 bits per heavy atom. The Balaban J connectivity index is 3.12. The number of rotatable bonds is 5. The van der Waals surface area contributed by atoms with E-state index in [0.29, 0.717) is 6.42 Å². The van der Waals surface area contributed by atoms with Crippen molar-refractivity contribution in [3.8, 4) is 0 Å². The number of ketones is 1. The van der Waals surface area contributed by atoms with Crippen LogP contribution in [0.25, 0.3) is 0 Å². The summed E-state index contributed by atoms with van der Waals surface area (Å²) in [6, 6.07) is 0. The fourth-order valence-electron chi connectivity index (χ4n) is 3.28. The molecule has 1 fully saturated rings. The van der Waals surface area contributed by atoms with Gasteiger partial charge in [0.05, 0.1) is 19.1 Å². The SMILES string of the molecule is COC(=O)C[C@@]1(C)CC[C@@](O)(C(C)C)[C@@H]1/C=C/C(C)=O. The highest BCUT2D eigenvalue weighted by Gasteiger charge is 2.54. The highest BCUT2D eigenvalue weighted by molar-refractivity contribution is 5.87. The first kappa shape index (κ1) is 16.9. The van der Waals surface area contributed by atoms with Gasteiger partial charge in [0, 0.05) is 5.92 Å². The summed E-state index contributed by atoms with van der Waals surface area (Å²) in [7, 11) is 1.37. The molecule has 1 aliphatic carbocycles. The van der Waals surface area contributed by atoms with E-state index in [-0.39, 0.29) is 35.4 Å². The summed E-state index contributed by atoms with van der Waals surface area (Å²) >= 11 is 0. The lowest BCUT2D eigenvalue weighted by molar-refractivity contribution is -0.144. The summed E-state index contributed by atoms with van der Waals surface area (Å²) < 4.78 is 4.77. The van der Waals surface area contributed by atoms with Crippen LogP contribution in [0.15, 0.2) is 12.2 Å². The van der Waals surface area contributed by atoms with E-state index < -0.39 is 5.60 Å². The zero-order valence-corrected chi connectivity index (χ0v) is 13.1. The fraction of sp³-hybridized carbons (Fsp3) is 0.750. The van der Waals surface area contributed by atoms with Gasteiger partial charge in [0.15, 0.2) is 5.78 Å². The van der Waals surface area contributed by atoms with Gasteiger partial charge >= 0.3 is 5.97 Å². The molecule has 0 radical (unpaired) electrons. The molecule has 4 heteroatoms. The normalized spacial score (nSPS) is 33.9. The van der Waals surface area contributed by atoms with E-state index in [4.69, 9.17) is 4.74 Å². The highest BCUT2D eigenvalue weighted by atomic mass is 16.5. The van der Waals surface area contributed by atoms with Gasteiger partial charge in [-0.2, -0.15) is 0 Å². The predicted octanol–water partition coefficient (Wildman–Crippen LogP) is 2.50. The van der Waals surface area contributed by atoms with Gasteiger partial charge in [-0.25, -0.2) is 0 Å².